The molecule has 0 spiro atoms. The van der Waals surface area contributed by atoms with Crippen LogP contribution in [0.25, 0.3) is 10.4 Å². The summed E-state index contributed by atoms with van der Waals surface area (Å²) in [5.74, 6) is -2.91. The lowest BCUT2D eigenvalue weighted by Crippen LogP contribution is -2.44. The number of nitrogens with one attached hydrogen (secondary N) is 2. The van der Waals surface area contributed by atoms with Gasteiger partial charge in [0.2, 0.25) is 11.8 Å². The number of aromatic nitrogens is 1. The number of rotatable bonds is 8. The second-order valence-corrected chi connectivity index (χ2v) is 20.2. The van der Waals surface area contributed by atoms with Gasteiger partial charge in [-0.1, -0.05) is 69.6 Å². The molecule has 3 heterocycles. The lowest BCUT2D eigenvalue weighted by molar-refractivity contribution is -0.159. The van der Waals surface area contributed by atoms with Crippen molar-refractivity contribution in [3.63, 3.8) is 0 Å². The molecule has 0 saturated carbocycles. The van der Waals surface area contributed by atoms with Gasteiger partial charge >= 0.3 is 5.97 Å². The third-order valence-corrected chi connectivity index (χ3v) is 14.3. The maximum Gasteiger partial charge on any atom is 0.329 e. The molecule has 0 aliphatic carbocycles. The highest BCUT2D eigenvalue weighted by molar-refractivity contribution is 6.74. The number of fused-ring (bicyclic) bond motifs is 3. The number of alkyl halides is 1. The molecular weight excluding hydrogens is 702 g/mol. The van der Waals surface area contributed by atoms with Crippen LogP contribution >= 0.6 is 0 Å². The highest BCUT2D eigenvalue weighted by atomic mass is 28.4. The largest absolute Gasteiger partial charge is 0.460 e. The smallest absolute Gasteiger partial charge is 0.329 e. The Labute approximate surface area is 312 Å². The van der Waals surface area contributed by atoms with E-state index in [1.807, 2.05) is 32.9 Å². The minimum absolute atomic E-state index is 0.0366. The summed E-state index contributed by atoms with van der Waals surface area (Å²) in [4.78, 5) is 61.6. The molecular formula is C37H56FN7O7Si. The van der Waals surface area contributed by atoms with Crippen LogP contribution in [0.5, 0.6) is 0 Å². The maximum atomic E-state index is 15.7. The molecule has 0 aromatic carbocycles. The van der Waals surface area contributed by atoms with Crippen molar-refractivity contribution in [3.05, 3.63) is 64.2 Å². The first-order chi connectivity index (χ1) is 24.9. The number of azide groups is 1. The summed E-state index contributed by atoms with van der Waals surface area (Å²) >= 11 is 0. The van der Waals surface area contributed by atoms with E-state index in [1.54, 1.807) is 12.2 Å². The van der Waals surface area contributed by atoms with E-state index >= 15 is 4.39 Å². The van der Waals surface area contributed by atoms with Gasteiger partial charge in [0.15, 0.2) is 19.9 Å². The zero-order valence-electron chi connectivity index (χ0n) is 32.3. The SMILES string of the molecule is CC1=CC(O[Si](C)(C)C(C)(C)C)C[C@@H](F)Cc2nc(co2)C(=O)N2CCC[C@@H]2C(=O)O[C@H](C(C)C)[C@H](CC(=O)NCCN=[N+]=[N-])/C=C/C(=O)NCC=C1. The van der Waals surface area contributed by atoms with E-state index in [4.69, 9.17) is 19.1 Å². The highest BCUT2D eigenvalue weighted by Gasteiger charge is 2.41. The van der Waals surface area contributed by atoms with Crippen molar-refractivity contribution in [2.75, 3.05) is 26.2 Å². The number of hydrogen-bond donors (Lipinski definition) is 2. The van der Waals surface area contributed by atoms with Gasteiger partial charge in [0, 0.05) is 49.9 Å². The molecule has 1 unspecified atom stereocenters. The fourth-order valence-electron chi connectivity index (χ4n) is 5.96. The fraction of sp³-hybridized carbons (Fsp3) is 0.649. The molecule has 0 radical (unpaired) electrons. The van der Waals surface area contributed by atoms with Gasteiger partial charge in [-0.25, -0.2) is 14.2 Å². The fourth-order valence-corrected chi connectivity index (χ4v) is 7.23. The third kappa shape index (κ3) is 13.3. The molecule has 2 N–H and O–H groups in total. The first-order valence-corrected chi connectivity index (χ1v) is 21.2. The summed E-state index contributed by atoms with van der Waals surface area (Å²) in [6.07, 6.45) is 7.39. The van der Waals surface area contributed by atoms with Crippen molar-refractivity contribution in [2.24, 2.45) is 17.0 Å². The Bertz CT molecular complexity index is 1580. The molecule has 2 aliphatic heterocycles. The Morgan fingerprint density at radius 2 is 2.00 bits per heavy atom. The van der Waals surface area contributed by atoms with Gasteiger partial charge in [0.05, 0.1) is 12.5 Å². The molecule has 3 amide bonds. The number of hydrogen-bond acceptors (Lipinski definition) is 9. The van der Waals surface area contributed by atoms with Crippen molar-refractivity contribution in [1.82, 2.24) is 20.5 Å². The molecule has 1 aromatic rings. The molecule has 14 nitrogen and oxygen atoms in total. The predicted octanol–water partition coefficient (Wildman–Crippen LogP) is 6.13. The minimum Gasteiger partial charge on any atom is -0.460 e. The normalized spacial score (nSPS) is 24.8. The van der Waals surface area contributed by atoms with Crippen LogP contribution in [0.1, 0.15) is 83.6 Å². The number of amides is 3. The number of carbonyl (C=O) groups excluding carboxylic acids is 4. The van der Waals surface area contributed by atoms with Gasteiger partial charge in [0.1, 0.15) is 24.6 Å². The van der Waals surface area contributed by atoms with E-state index in [9.17, 15) is 19.2 Å². The van der Waals surface area contributed by atoms with E-state index in [-0.39, 0.29) is 73.9 Å². The molecule has 1 aromatic heterocycles. The molecule has 1 saturated heterocycles. The lowest BCUT2D eigenvalue weighted by atomic mass is 9.89. The van der Waals surface area contributed by atoms with E-state index in [0.29, 0.717) is 12.8 Å². The van der Waals surface area contributed by atoms with Crippen LogP contribution in [-0.2, 0) is 30.0 Å². The Morgan fingerprint density at radius 3 is 2.68 bits per heavy atom. The van der Waals surface area contributed by atoms with Gasteiger partial charge in [-0.05, 0) is 55.4 Å². The van der Waals surface area contributed by atoms with E-state index in [2.05, 4.69) is 59.5 Å². The van der Waals surface area contributed by atoms with Crippen LogP contribution in [0.4, 0.5) is 4.39 Å². The van der Waals surface area contributed by atoms with Crippen LogP contribution < -0.4 is 10.6 Å². The van der Waals surface area contributed by atoms with Crippen molar-refractivity contribution < 1.29 is 37.1 Å². The number of allylic oxidation sites excluding steroid dienone is 2. The minimum atomic E-state index is -2.30. The van der Waals surface area contributed by atoms with Crippen LogP contribution in [0.3, 0.4) is 0 Å². The molecule has 292 valence electrons. The Balaban J connectivity index is 1.97. The number of cyclic esters (lactones) is 1. The predicted molar refractivity (Wildman–Crippen MR) is 201 cm³/mol. The molecule has 5 atom stereocenters. The topological polar surface area (TPSA) is 189 Å². The number of oxazole rings is 1. The lowest BCUT2D eigenvalue weighted by Gasteiger charge is -2.39. The summed E-state index contributed by atoms with van der Waals surface area (Å²) in [5.41, 5.74) is 9.33. The van der Waals surface area contributed by atoms with Crippen LogP contribution in [0, 0.1) is 11.8 Å². The first kappa shape index (κ1) is 43.1. The number of esters is 1. The van der Waals surface area contributed by atoms with E-state index in [1.165, 1.54) is 17.2 Å². The standard InChI is InChI=1S/C37H56FN7O7Si/c1-24(2)34-26(20-32(47)41-16-17-42-44-39)13-14-31(46)40-15-9-11-25(3)19-28(52-53(7,8)37(4,5)6)21-27(38)22-33-43-29(23-50-33)35(48)45-18-10-12-30(45)36(49)51-34/h9,11,13-14,19,23-24,26-28,30,34H,10,12,15-18,20-22H2,1-8H3,(H,40,46)(H,41,47)/b11-9?,14-13+,25-19?/t26-,27+,28?,30+,34+/m0/s1. The van der Waals surface area contributed by atoms with Gasteiger partial charge in [0.25, 0.3) is 5.91 Å². The maximum absolute atomic E-state index is 15.7. The van der Waals surface area contributed by atoms with Crippen molar-refractivity contribution in [2.45, 2.75) is 116 Å². The number of nitrogens with zero attached hydrogens (tertiary/aromatic N) is 5. The van der Waals surface area contributed by atoms with Gasteiger partial charge in [-0.15, -0.1) is 0 Å². The Morgan fingerprint density at radius 1 is 1.26 bits per heavy atom. The monoisotopic (exact) mass is 757 g/mol. The zero-order chi connectivity index (χ0) is 39.3. The van der Waals surface area contributed by atoms with Crippen LogP contribution in [-0.4, -0.2) is 92.5 Å². The van der Waals surface area contributed by atoms with Crippen molar-refractivity contribution in [3.8, 4) is 0 Å². The zero-order valence-corrected chi connectivity index (χ0v) is 33.3. The molecule has 1 fully saturated rings. The highest BCUT2D eigenvalue weighted by Crippen LogP contribution is 2.38. The third-order valence-electron chi connectivity index (χ3n) is 9.76. The average Bonchev–Trinajstić information content (AvgIpc) is 3.75. The number of ether oxygens (including phenoxy) is 1. The molecule has 53 heavy (non-hydrogen) atoms. The second-order valence-electron chi connectivity index (χ2n) is 15.5. The average molecular weight is 758 g/mol. The summed E-state index contributed by atoms with van der Waals surface area (Å²) < 4.78 is 33.9. The molecule has 2 bridgehead atoms. The van der Waals surface area contributed by atoms with Gasteiger partial charge in [-0.3, -0.25) is 14.4 Å². The Hall–Kier alpha value is -4.27. The summed E-state index contributed by atoms with van der Waals surface area (Å²) in [7, 11) is -2.30. The van der Waals surface area contributed by atoms with Crippen LogP contribution in [0.15, 0.2) is 51.7 Å². The van der Waals surface area contributed by atoms with Crippen LogP contribution in [0.2, 0.25) is 18.1 Å². The van der Waals surface area contributed by atoms with E-state index in [0.717, 1.165) is 5.57 Å². The van der Waals surface area contributed by atoms with Gasteiger partial charge in [-0.2, -0.15) is 0 Å². The summed E-state index contributed by atoms with van der Waals surface area (Å²) in [6.45, 7) is 16.7. The number of carbonyl (C=O) groups is 4. The quantitative estimate of drug-likeness (QED) is 0.0791. The van der Waals surface area contributed by atoms with Crippen molar-refractivity contribution in [1.29, 1.82) is 0 Å². The van der Waals surface area contributed by atoms with E-state index < -0.39 is 56.4 Å². The first-order valence-electron chi connectivity index (χ1n) is 18.3. The summed E-state index contributed by atoms with van der Waals surface area (Å²) in [6, 6.07) is -0.917. The second kappa shape index (κ2) is 19.7. The molecule has 16 heteroatoms. The summed E-state index contributed by atoms with van der Waals surface area (Å²) in [5, 5.41) is 8.79. The molecule has 2 aliphatic rings. The van der Waals surface area contributed by atoms with Gasteiger partial charge < -0.3 is 29.1 Å². The van der Waals surface area contributed by atoms with Crippen molar-refractivity contribution >= 4 is 32.0 Å². The number of halogens is 1. The molecule has 3 rings (SSSR count). The Kier molecular flexibility index (Phi) is 16.0.